The lowest BCUT2D eigenvalue weighted by molar-refractivity contribution is -0.124. The molecule has 2 amide bonds. The number of rotatable bonds is 4. The number of amides is 2. The van der Waals surface area contributed by atoms with Crippen molar-refractivity contribution in [3.63, 3.8) is 0 Å². The first kappa shape index (κ1) is 15.4. The predicted molar refractivity (Wildman–Crippen MR) is 93.1 cm³/mol. The molecule has 0 aliphatic carbocycles. The molecule has 1 aromatic carbocycles. The van der Waals surface area contributed by atoms with Gasteiger partial charge in [-0.05, 0) is 36.4 Å². The lowest BCUT2D eigenvalue weighted by atomic mass is 10.1. The molecule has 1 aliphatic rings. The van der Waals surface area contributed by atoms with Crippen LogP contribution < -0.4 is 10.6 Å². The Morgan fingerprint density at radius 1 is 1.32 bits per heavy atom. The number of carbonyl (C=O) groups excluding carboxylic acids is 2. The summed E-state index contributed by atoms with van der Waals surface area (Å²) in [6.07, 6.45) is 3.53. The molecule has 0 bridgehead atoms. The predicted octanol–water partition coefficient (Wildman–Crippen LogP) is 1.42. The maximum atomic E-state index is 12.3. The van der Waals surface area contributed by atoms with Crippen molar-refractivity contribution in [2.24, 2.45) is 0 Å². The van der Waals surface area contributed by atoms with E-state index in [1.807, 2.05) is 18.3 Å². The maximum Gasteiger partial charge on any atom is 0.272 e. The molecule has 1 saturated heterocycles. The van der Waals surface area contributed by atoms with Crippen LogP contribution in [-0.4, -0.2) is 39.2 Å². The molecule has 0 unspecified atom stereocenters. The molecule has 4 rings (SSSR count). The molecule has 2 aromatic heterocycles. The minimum atomic E-state index is -0.477. The van der Waals surface area contributed by atoms with E-state index in [4.69, 9.17) is 0 Å². The number of aromatic amines is 1. The summed E-state index contributed by atoms with van der Waals surface area (Å²) in [6.45, 7) is 1.26. The molecule has 7 heteroatoms. The number of nitrogens with one attached hydrogen (secondary N) is 3. The van der Waals surface area contributed by atoms with Gasteiger partial charge in [-0.25, -0.2) is 0 Å². The quantitative estimate of drug-likeness (QED) is 0.672. The van der Waals surface area contributed by atoms with Crippen molar-refractivity contribution in [3.8, 4) is 0 Å². The zero-order chi connectivity index (χ0) is 17.2. The summed E-state index contributed by atoms with van der Waals surface area (Å²) in [5.41, 5.74) is 2.26. The summed E-state index contributed by atoms with van der Waals surface area (Å²) in [5, 5.41) is 13.7. The van der Waals surface area contributed by atoms with E-state index >= 15 is 0 Å². The number of fused-ring (bicyclic) bond motifs is 1. The number of piperidine rings is 1. The van der Waals surface area contributed by atoms with E-state index in [0.717, 1.165) is 17.6 Å². The second-order valence-electron chi connectivity index (χ2n) is 6.24. The molecule has 1 fully saturated rings. The van der Waals surface area contributed by atoms with Gasteiger partial charge in [-0.2, -0.15) is 5.10 Å². The minimum Gasteiger partial charge on any atom is -0.354 e. The van der Waals surface area contributed by atoms with Gasteiger partial charge in [-0.15, -0.1) is 0 Å². The number of benzene rings is 1. The summed E-state index contributed by atoms with van der Waals surface area (Å²) >= 11 is 0. The molecule has 0 spiro atoms. The van der Waals surface area contributed by atoms with Crippen LogP contribution in [0.5, 0.6) is 0 Å². The lowest BCUT2D eigenvalue weighted by Crippen LogP contribution is -2.50. The van der Waals surface area contributed by atoms with Gasteiger partial charge in [-0.1, -0.05) is 18.2 Å². The van der Waals surface area contributed by atoms with Crippen molar-refractivity contribution in [1.29, 1.82) is 0 Å². The Kier molecular flexibility index (Phi) is 3.97. The molecule has 25 heavy (non-hydrogen) atoms. The number of H-pyrrole nitrogens is 1. The Bertz CT molecular complexity index is 926. The summed E-state index contributed by atoms with van der Waals surface area (Å²) in [4.78, 5) is 24.1. The first-order valence-electron chi connectivity index (χ1n) is 8.37. The molecule has 3 heterocycles. The van der Waals surface area contributed by atoms with Crippen LogP contribution in [0.1, 0.15) is 29.0 Å². The van der Waals surface area contributed by atoms with E-state index in [-0.39, 0.29) is 11.8 Å². The smallest absolute Gasteiger partial charge is 0.272 e. The minimum absolute atomic E-state index is 0.130. The number of aromatic nitrogens is 3. The molecule has 0 radical (unpaired) electrons. The van der Waals surface area contributed by atoms with Gasteiger partial charge in [-0.3, -0.25) is 14.7 Å². The molecule has 128 valence electrons. The summed E-state index contributed by atoms with van der Waals surface area (Å²) in [6, 6.07) is 11.4. The Morgan fingerprint density at radius 3 is 3.08 bits per heavy atom. The van der Waals surface area contributed by atoms with Crippen molar-refractivity contribution in [2.75, 3.05) is 6.54 Å². The molecule has 3 N–H and O–H groups in total. The Balaban J connectivity index is 1.46. The highest BCUT2D eigenvalue weighted by Gasteiger charge is 2.24. The average Bonchev–Trinajstić information content (AvgIpc) is 3.25. The van der Waals surface area contributed by atoms with Crippen LogP contribution in [0.25, 0.3) is 10.9 Å². The molecule has 7 nitrogen and oxygen atoms in total. The van der Waals surface area contributed by atoms with E-state index in [9.17, 15) is 9.59 Å². The maximum absolute atomic E-state index is 12.3. The average molecular weight is 337 g/mol. The van der Waals surface area contributed by atoms with E-state index in [0.29, 0.717) is 25.2 Å². The van der Waals surface area contributed by atoms with Crippen molar-refractivity contribution in [2.45, 2.75) is 25.4 Å². The first-order chi connectivity index (χ1) is 12.2. The lowest BCUT2D eigenvalue weighted by Gasteiger charge is -2.22. The normalized spacial score (nSPS) is 17.4. The van der Waals surface area contributed by atoms with Crippen LogP contribution in [-0.2, 0) is 11.3 Å². The van der Waals surface area contributed by atoms with Gasteiger partial charge in [0.2, 0.25) is 5.91 Å². The first-order valence-corrected chi connectivity index (χ1v) is 8.37. The monoisotopic (exact) mass is 337 g/mol. The number of para-hydroxylation sites is 1. The van der Waals surface area contributed by atoms with Crippen molar-refractivity contribution < 1.29 is 9.59 Å². The van der Waals surface area contributed by atoms with E-state index in [1.165, 1.54) is 5.39 Å². The fourth-order valence-corrected chi connectivity index (χ4v) is 3.16. The van der Waals surface area contributed by atoms with Gasteiger partial charge in [0.1, 0.15) is 11.7 Å². The Hall–Kier alpha value is -3.09. The van der Waals surface area contributed by atoms with Crippen LogP contribution in [0.3, 0.4) is 0 Å². The van der Waals surface area contributed by atoms with E-state index in [2.05, 4.69) is 43.6 Å². The second-order valence-corrected chi connectivity index (χ2v) is 6.24. The third-order valence-corrected chi connectivity index (χ3v) is 4.48. The molecule has 0 saturated carbocycles. The van der Waals surface area contributed by atoms with Gasteiger partial charge in [0.05, 0.1) is 12.2 Å². The van der Waals surface area contributed by atoms with E-state index < -0.39 is 6.04 Å². The molecular weight excluding hydrogens is 318 g/mol. The van der Waals surface area contributed by atoms with Gasteiger partial charge < -0.3 is 15.2 Å². The van der Waals surface area contributed by atoms with Gasteiger partial charge in [0, 0.05) is 18.3 Å². The molecule has 1 atom stereocenters. The van der Waals surface area contributed by atoms with Crippen LogP contribution in [0.15, 0.2) is 42.6 Å². The zero-order valence-corrected chi connectivity index (χ0v) is 13.7. The SMILES string of the molecule is O=C(N[C@H]1CCCNC1=O)c1cc(Cn2ccc3ccccc32)[nH]n1. The number of hydrogen-bond acceptors (Lipinski definition) is 3. The number of nitrogens with zero attached hydrogens (tertiary/aromatic N) is 2. The second kappa shape index (κ2) is 6.43. The van der Waals surface area contributed by atoms with Crippen LogP contribution in [0, 0.1) is 0 Å². The summed E-state index contributed by atoms with van der Waals surface area (Å²) in [7, 11) is 0. The van der Waals surface area contributed by atoms with Gasteiger partial charge in [0.25, 0.3) is 5.91 Å². The molecule has 3 aromatic rings. The highest BCUT2D eigenvalue weighted by molar-refractivity contribution is 5.96. The highest BCUT2D eigenvalue weighted by Crippen LogP contribution is 2.16. The zero-order valence-electron chi connectivity index (χ0n) is 13.7. The van der Waals surface area contributed by atoms with Crippen molar-refractivity contribution >= 4 is 22.7 Å². The van der Waals surface area contributed by atoms with E-state index in [1.54, 1.807) is 6.07 Å². The van der Waals surface area contributed by atoms with Gasteiger partial charge in [0.15, 0.2) is 0 Å². The topological polar surface area (TPSA) is 91.8 Å². The summed E-state index contributed by atoms with van der Waals surface area (Å²) < 4.78 is 2.10. The van der Waals surface area contributed by atoms with Crippen LogP contribution in [0.2, 0.25) is 0 Å². The van der Waals surface area contributed by atoms with Crippen molar-refractivity contribution in [1.82, 2.24) is 25.4 Å². The Morgan fingerprint density at radius 2 is 2.20 bits per heavy atom. The molecular formula is C18H19N5O2. The summed E-state index contributed by atoms with van der Waals surface area (Å²) in [5.74, 6) is -0.462. The van der Waals surface area contributed by atoms with Crippen LogP contribution in [0.4, 0.5) is 0 Å². The van der Waals surface area contributed by atoms with Gasteiger partial charge >= 0.3 is 0 Å². The number of carbonyl (C=O) groups is 2. The standard InChI is InChI=1S/C18H19N5O2/c24-17-14(5-3-8-19-17)20-18(25)15-10-13(21-22-15)11-23-9-7-12-4-1-2-6-16(12)23/h1-2,4,6-7,9-10,14H,3,5,8,11H2,(H,19,24)(H,20,25)(H,21,22)/t14-/m0/s1. The van der Waals surface area contributed by atoms with Crippen LogP contribution >= 0.6 is 0 Å². The number of hydrogen-bond donors (Lipinski definition) is 3. The third kappa shape index (κ3) is 3.13. The fourth-order valence-electron chi connectivity index (χ4n) is 3.16. The highest BCUT2D eigenvalue weighted by atomic mass is 16.2. The largest absolute Gasteiger partial charge is 0.354 e. The molecule has 1 aliphatic heterocycles. The fraction of sp³-hybridized carbons (Fsp3) is 0.278. The Labute approximate surface area is 144 Å². The van der Waals surface area contributed by atoms with Crippen molar-refractivity contribution in [3.05, 3.63) is 54.0 Å². The third-order valence-electron chi connectivity index (χ3n) is 4.48.